The van der Waals surface area contributed by atoms with E-state index in [4.69, 9.17) is 9.52 Å². The number of halogens is 2. The maximum Gasteiger partial charge on any atom is 0.351 e. The van der Waals surface area contributed by atoms with Crippen LogP contribution in [-0.2, 0) is 0 Å². The van der Waals surface area contributed by atoms with E-state index in [9.17, 15) is 9.59 Å². The van der Waals surface area contributed by atoms with E-state index in [1.807, 2.05) is 28.7 Å². The summed E-state index contributed by atoms with van der Waals surface area (Å²) in [5.74, 6) is -1.27. The zero-order chi connectivity index (χ0) is 11.9. The van der Waals surface area contributed by atoms with Crippen LogP contribution < -0.4 is 5.63 Å². The number of fused-ring (bicyclic) bond motifs is 1. The lowest BCUT2D eigenvalue weighted by Crippen LogP contribution is -2.13. The predicted octanol–water partition coefficient (Wildman–Crippen LogP) is 2.70. The van der Waals surface area contributed by atoms with Crippen LogP contribution in [0.5, 0.6) is 0 Å². The van der Waals surface area contributed by atoms with Crippen LogP contribution in [0.25, 0.3) is 11.0 Å². The fraction of sp³-hybridized carbons (Fsp3) is 0. The van der Waals surface area contributed by atoms with Crippen LogP contribution in [-0.4, -0.2) is 11.1 Å². The van der Waals surface area contributed by atoms with Gasteiger partial charge >= 0.3 is 11.6 Å². The first kappa shape index (κ1) is 11.8. The average molecular weight is 442 g/mol. The topological polar surface area (TPSA) is 67.5 Å². The van der Waals surface area contributed by atoms with Gasteiger partial charge in [-0.25, -0.2) is 9.59 Å². The first-order valence-electron chi connectivity index (χ1n) is 4.15. The highest BCUT2D eigenvalue weighted by atomic mass is 127. The molecule has 0 atom stereocenters. The molecule has 0 saturated heterocycles. The van der Waals surface area contributed by atoms with Gasteiger partial charge in [-0.05, 0) is 63.4 Å². The van der Waals surface area contributed by atoms with Crippen LogP contribution in [0, 0.1) is 7.14 Å². The van der Waals surface area contributed by atoms with Gasteiger partial charge in [-0.2, -0.15) is 0 Å². The van der Waals surface area contributed by atoms with Gasteiger partial charge in [0.15, 0.2) is 5.58 Å². The Morgan fingerprint density at radius 2 is 1.94 bits per heavy atom. The van der Waals surface area contributed by atoms with Gasteiger partial charge < -0.3 is 9.52 Å². The number of hydrogen-bond donors (Lipinski definition) is 1. The molecule has 4 nitrogen and oxygen atoms in total. The number of rotatable bonds is 1. The van der Waals surface area contributed by atoms with Crippen molar-refractivity contribution in [2.45, 2.75) is 0 Å². The summed E-state index contributed by atoms with van der Waals surface area (Å²) in [5.41, 5.74) is -0.736. The molecule has 0 amide bonds. The van der Waals surface area contributed by atoms with Crippen molar-refractivity contribution >= 4 is 62.1 Å². The van der Waals surface area contributed by atoms with Gasteiger partial charge in [0.05, 0.1) is 3.57 Å². The summed E-state index contributed by atoms with van der Waals surface area (Å²) in [7, 11) is 0. The molecule has 0 saturated carbocycles. The maximum absolute atomic E-state index is 11.4. The molecule has 0 unspecified atom stereocenters. The number of hydrogen-bond acceptors (Lipinski definition) is 3. The van der Waals surface area contributed by atoms with Crippen molar-refractivity contribution in [2.75, 3.05) is 0 Å². The number of carbonyl (C=O) groups is 1. The van der Waals surface area contributed by atoms with E-state index in [1.54, 1.807) is 6.07 Å². The number of benzene rings is 1. The summed E-state index contributed by atoms with van der Waals surface area (Å²) in [5, 5.41) is 9.42. The summed E-state index contributed by atoms with van der Waals surface area (Å²) < 4.78 is 6.74. The maximum atomic E-state index is 11.4. The van der Waals surface area contributed by atoms with Crippen molar-refractivity contribution in [1.82, 2.24) is 0 Å². The highest BCUT2D eigenvalue weighted by molar-refractivity contribution is 14.1. The van der Waals surface area contributed by atoms with Crippen molar-refractivity contribution in [2.24, 2.45) is 0 Å². The van der Waals surface area contributed by atoms with E-state index in [2.05, 4.69) is 22.6 Å². The highest BCUT2D eigenvalue weighted by Crippen LogP contribution is 2.23. The molecule has 0 fully saturated rings. The zero-order valence-electron chi connectivity index (χ0n) is 7.66. The molecule has 82 valence electrons. The van der Waals surface area contributed by atoms with E-state index >= 15 is 0 Å². The van der Waals surface area contributed by atoms with Gasteiger partial charge in [-0.3, -0.25) is 0 Å². The molecular formula is C10H4I2O4. The molecule has 0 aliphatic heterocycles. The molecule has 0 aliphatic rings. The van der Waals surface area contributed by atoms with Gasteiger partial charge in [0.25, 0.3) is 0 Å². The van der Waals surface area contributed by atoms with Gasteiger partial charge in [0, 0.05) is 8.96 Å². The van der Waals surface area contributed by atoms with E-state index in [-0.39, 0.29) is 5.56 Å². The number of carboxylic acids is 1. The van der Waals surface area contributed by atoms with Gasteiger partial charge in [-0.1, -0.05) is 0 Å². The minimum absolute atomic E-state index is 0.342. The zero-order valence-corrected chi connectivity index (χ0v) is 12.0. The van der Waals surface area contributed by atoms with Gasteiger partial charge in [-0.15, -0.1) is 0 Å². The molecule has 0 radical (unpaired) electrons. The van der Waals surface area contributed by atoms with Crippen molar-refractivity contribution in [1.29, 1.82) is 0 Å². The molecule has 16 heavy (non-hydrogen) atoms. The fourth-order valence-corrected chi connectivity index (χ4v) is 3.31. The SMILES string of the molecule is O=C(O)c1cc2cc(I)cc(I)c2oc1=O. The molecule has 0 spiro atoms. The summed E-state index contributed by atoms with van der Waals surface area (Å²) in [4.78, 5) is 22.1. The quantitative estimate of drug-likeness (QED) is 0.545. The van der Waals surface area contributed by atoms with Crippen molar-refractivity contribution in [3.8, 4) is 0 Å². The third-order valence-electron chi connectivity index (χ3n) is 1.98. The van der Waals surface area contributed by atoms with Crippen molar-refractivity contribution in [3.63, 3.8) is 0 Å². The molecule has 1 aromatic carbocycles. The third kappa shape index (κ3) is 2.08. The Balaban J connectivity index is 2.90. The number of aromatic carboxylic acids is 1. The standard InChI is InChI=1S/C10H4I2O4/c11-5-1-4-2-6(9(13)14)10(15)16-8(4)7(12)3-5/h1-3H,(H,13,14). The predicted molar refractivity (Wildman–Crippen MR) is 74.9 cm³/mol. The Morgan fingerprint density at radius 1 is 1.25 bits per heavy atom. The third-order valence-corrected chi connectivity index (χ3v) is 3.41. The Hall–Kier alpha value is -0.640. The van der Waals surface area contributed by atoms with Crippen molar-refractivity contribution in [3.05, 3.63) is 41.3 Å². The highest BCUT2D eigenvalue weighted by Gasteiger charge is 2.13. The average Bonchev–Trinajstić information content (AvgIpc) is 2.18. The Bertz CT molecular complexity index is 645. The lowest BCUT2D eigenvalue weighted by Gasteiger charge is -2.01. The molecule has 6 heteroatoms. The summed E-state index contributed by atoms with van der Waals surface area (Å²) >= 11 is 4.16. The first-order valence-corrected chi connectivity index (χ1v) is 6.31. The second kappa shape index (κ2) is 4.32. The van der Waals surface area contributed by atoms with Crippen LogP contribution >= 0.6 is 45.2 Å². The van der Waals surface area contributed by atoms with Crippen molar-refractivity contribution < 1.29 is 14.3 Å². The van der Waals surface area contributed by atoms with Crippen LogP contribution in [0.4, 0.5) is 0 Å². The van der Waals surface area contributed by atoms with E-state index in [1.165, 1.54) is 6.07 Å². The summed E-state index contributed by atoms with van der Waals surface area (Å²) in [6.07, 6.45) is 0. The minimum atomic E-state index is -1.27. The van der Waals surface area contributed by atoms with Gasteiger partial charge in [0.2, 0.25) is 0 Å². The molecule has 2 aromatic rings. The molecule has 0 bridgehead atoms. The second-order valence-corrected chi connectivity index (χ2v) is 5.47. The Kier molecular flexibility index (Phi) is 3.19. The summed E-state index contributed by atoms with van der Waals surface area (Å²) in [6, 6.07) is 4.97. The van der Waals surface area contributed by atoms with E-state index in [0.29, 0.717) is 11.0 Å². The smallest absolute Gasteiger partial charge is 0.351 e. The molecule has 0 aliphatic carbocycles. The molecule has 1 aromatic heterocycles. The molecular weight excluding hydrogens is 438 g/mol. The lowest BCUT2D eigenvalue weighted by atomic mass is 10.2. The van der Waals surface area contributed by atoms with Crippen LogP contribution in [0.2, 0.25) is 0 Å². The minimum Gasteiger partial charge on any atom is -0.477 e. The van der Waals surface area contributed by atoms with E-state index in [0.717, 1.165) is 7.14 Å². The lowest BCUT2D eigenvalue weighted by molar-refractivity contribution is 0.0692. The van der Waals surface area contributed by atoms with Crippen LogP contribution in [0.3, 0.4) is 0 Å². The first-order chi connectivity index (χ1) is 7.49. The second-order valence-electron chi connectivity index (χ2n) is 3.06. The van der Waals surface area contributed by atoms with Crippen LogP contribution in [0.1, 0.15) is 10.4 Å². The number of carboxylic acid groups (broad SMARTS) is 1. The Morgan fingerprint density at radius 3 is 2.56 bits per heavy atom. The molecule has 2 rings (SSSR count). The normalized spacial score (nSPS) is 10.6. The monoisotopic (exact) mass is 442 g/mol. The van der Waals surface area contributed by atoms with E-state index < -0.39 is 11.6 Å². The Labute approximate surface area is 117 Å². The molecule has 1 heterocycles. The van der Waals surface area contributed by atoms with Gasteiger partial charge in [0.1, 0.15) is 5.56 Å². The largest absolute Gasteiger partial charge is 0.477 e. The summed E-state index contributed by atoms with van der Waals surface area (Å²) in [6.45, 7) is 0. The molecule has 1 N–H and O–H groups in total. The fourth-order valence-electron chi connectivity index (χ4n) is 1.31. The van der Waals surface area contributed by atoms with Crippen LogP contribution in [0.15, 0.2) is 27.4 Å².